The maximum atomic E-state index is 13.4. The second-order valence-electron chi connectivity index (χ2n) is 8.54. The Kier molecular flexibility index (Phi) is 6.93. The molecule has 1 amide bonds. The van der Waals surface area contributed by atoms with E-state index >= 15 is 0 Å². The monoisotopic (exact) mass is 535 g/mol. The van der Waals surface area contributed by atoms with Gasteiger partial charge in [-0.2, -0.15) is 0 Å². The summed E-state index contributed by atoms with van der Waals surface area (Å²) < 4.78 is 28.0. The molecule has 0 aliphatic rings. The Morgan fingerprint density at radius 3 is 2.72 bits per heavy atom. The number of hydrogen-bond donors (Lipinski definition) is 3. The van der Waals surface area contributed by atoms with Gasteiger partial charge in [0.05, 0.1) is 16.1 Å². The molecule has 2 aromatic heterocycles. The number of fused-ring (bicyclic) bond motifs is 1. The van der Waals surface area contributed by atoms with Crippen molar-refractivity contribution in [2.45, 2.75) is 4.90 Å². The maximum absolute atomic E-state index is 13.4. The SMILES string of the molecule is C#Cc1cccc(Nc2ncnc3ccc(S(=O)(=O)n4ccc(/C=C/C(=O)[NH2+]c5ccccc5N)c4)cc23)c1. The number of quaternary nitrogens is 1. The second kappa shape index (κ2) is 10.6. The van der Waals surface area contributed by atoms with Crippen LogP contribution < -0.4 is 16.4 Å². The van der Waals surface area contributed by atoms with Crippen molar-refractivity contribution in [3.05, 3.63) is 109 Å². The van der Waals surface area contributed by atoms with Crippen LogP contribution >= 0.6 is 0 Å². The van der Waals surface area contributed by atoms with Crippen molar-refractivity contribution in [3.63, 3.8) is 0 Å². The highest BCUT2D eigenvalue weighted by Crippen LogP contribution is 2.27. The molecule has 0 saturated heterocycles. The minimum Gasteiger partial charge on any atom is -0.394 e. The lowest BCUT2D eigenvalue weighted by atomic mass is 10.2. The van der Waals surface area contributed by atoms with E-state index in [2.05, 4.69) is 21.2 Å². The van der Waals surface area contributed by atoms with Gasteiger partial charge in [0, 0.05) is 41.2 Å². The normalized spacial score (nSPS) is 11.5. The number of benzene rings is 3. The van der Waals surface area contributed by atoms with Crippen LogP contribution in [0.4, 0.5) is 22.9 Å². The third kappa shape index (κ3) is 5.55. The van der Waals surface area contributed by atoms with Crippen molar-refractivity contribution < 1.29 is 18.5 Å². The van der Waals surface area contributed by atoms with E-state index in [9.17, 15) is 13.2 Å². The Hall–Kier alpha value is -5.24. The topological polar surface area (TPSA) is 137 Å². The third-order valence-corrected chi connectivity index (χ3v) is 7.53. The van der Waals surface area contributed by atoms with E-state index in [0.29, 0.717) is 44.9 Å². The average molecular weight is 536 g/mol. The summed E-state index contributed by atoms with van der Waals surface area (Å²) in [4.78, 5) is 21.0. The smallest absolute Gasteiger partial charge is 0.340 e. The van der Waals surface area contributed by atoms with E-state index in [-0.39, 0.29) is 10.8 Å². The highest BCUT2D eigenvalue weighted by molar-refractivity contribution is 7.90. The molecule has 39 heavy (non-hydrogen) atoms. The summed E-state index contributed by atoms with van der Waals surface area (Å²) in [5.41, 5.74) is 9.52. The summed E-state index contributed by atoms with van der Waals surface area (Å²) in [6, 6.07) is 20.5. The van der Waals surface area contributed by atoms with Crippen LogP contribution in [0, 0.1) is 12.3 Å². The first-order valence-electron chi connectivity index (χ1n) is 11.8. The molecule has 9 nitrogen and oxygen atoms in total. The first kappa shape index (κ1) is 25.4. The lowest BCUT2D eigenvalue weighted by Crippen LogP contribution is -2.81. The number of rotatable bonds is 7. The Bertz CT molecular complexity index is 1890. The molecule has 0 aliphatic carbocycles. The van der Waals surface area contributed by atoms with Gasteiger partial charge in [-0.1, -0.05) is 24.1 Å². The molecular weight excluding hydrogens is 512 g/mol. The van der Waals surface area contributed by atoms with E-state index in [4.69, 9.17) is 12.2 Å². The zero-order chi connectivity index (χ0) is 27.4. The fourth-order valence-electron chi connectivity index (χ4n) is 3.90. The molecule has 3 aromatic carbocycles. The van der Waals surface area contributed by atoms with E-state index in [1.54, 1.807) is 48.5 Å². The summed E-state index contributed by atoms with van der Waals surface area (Å²) in [6.45, 7) is 0. The molecule has 5 N–H and O–H groups in total. The largest absolute Gasteiger partial charge is 0.394 e. The fraction of sp³-hybridized carbons (Fsp3) is 0. The molecule has 0 bridgehead atoms. The predicted molar refractivity (Wildman–Crippen MR) is 151 cm³/mol. The Balaban J connectivity index is 1.39. The second-order valence-corrected chi connectivity index (χ2v) is 10.4. The van der Waals surface area contributed by atoms with Crippen molar-refractivity contribution in [2.24, 2.45) is 0 Å². The van der Waals surface area contributed by atoms with E-state index in [1.807, 2.05) is 18.2 Å². The molecule has 0 aliphatic heterocycles. The minimum absolute atomic E-state index is 0.0558. The molecule has 0 unspecified atom stereocenters. The number of nitrogens with zero attached hydrogens (tertiary/aromatic N) is 3. The van der Waals surface area contributed by atoms with E-state index < -0.39 is 10.0 Å². The zero-order valence-corrected chi connectivity index (χ0v) is 21.3. The predicted octanol–water partition coefficient (Wildman–Crippen LogP) is 3.41. The van der Waals surface area contributed by atoms with Crippen molar-refractivity contribution in [1.82, 2.24) is 13.9 Å². The average Bonchev–Trinajstić information content (AvgIpc) is 3.43. The minimum atomic E-state index is -3.94. The van der Waals surface area contributed by atoms with Gasteiger partial charge < -0.3 is 11.1 Å². The van der Waals surface area contributed by atoms with Gasteiger partial charge in [-0.15, -0.1) is 6.42 Å². The fourth-order valence-corrected chi connectivity index (χ4v) is 5.14. The number of aromatic nitrogens is 3. The van der Waals surface area contributed by atoms with Crippen molar-refractivity contribution >= 4 is 55.8 Å². The highest BCUT2D eigenvalue weighted by Gasteiger charge is 2.19. The van der Waals surface area contributed by atoms with Crippen LogP contribution in [0.15, 0.2) is 102 Å². The molecule has 0 radical (unpaired) electrons. The number of nitrogens with two attached hydrogens (primary N) is 2. The van der Waals surface area contributed by atoms with Gasteiger partial charge in [0.2, 0.25) is 0 Å². The molecule has 10 heteroatoms. The van der Waals surface area contributed by atoms with Crippen LogP contribution in [0.3, 0.4) is 0 Å². The molecule has 0 saturated carbocycles. The summed E-state index contributed by atoms with van der Waals surface area (Å²) in [5.74, 6) is 2.75. The molecule has 0 spiro atoms. The summed E-state index contributed by atoms with van der Waals surface area (Å²) in [5, 5.41) is 5.14. The number of nitrogens with one attached hydrogen (secondary N) is 1. The van der Waals surface area contributed by atoms with Gasteiger partial charge in [0.25, 0.3) is 10.0 Å². The van der Waals surface area contributed by atoms with Crippen LogP contribution in [0.1, 0.15) is 11.1 Å². The van der Waals surface area contributed by atoms with Crippen LogP contribution in [-0.2, 0) is 14.8 Å². The number of hydrogen-bond acceptors (Lipinski definition) is 7. The molecule has 5 rings (SSSR count). The number of amides is 1. The number of nitrogen functional groups attached to an aromatic ring is 1. The molecule has 0 fully saturated rings. The lowest BCUT2D eigenvalue weighted by Gasteiger charge is -2.11. The first-order valence-corrected chi connectivity index (χ1v) is 13.2. The highest BCUT2D eigenvalue weighted by atomic mass is 32.2. The third-order valence-electron chi connectivity index (χ3n) is 5.90. The Labute approximate surface area is 225 Å². The van der Waals surface area contributed by atoms with Crippen molar-refractivity contribution in [2.75, 3.05) is 11.1 Å². The molecule has 5 aromatic rings. The Morgan fingerprint density at radius 2 is 1.90 bits per heavy atom. The van der Waals surface area contributed by atoms with Crippen LogP contribution in [0.5, 0.6) is 0 Å². The van der Waals surface area contributed by atoms with Gasteiger partial charge >= 0.3 is 5.91 Å². The number of carbonyl (C=O) groups excluding carboxylic acids is 1. The maximum Gasteiger partial charge on any atom is 0.340 e. The first-order chi connectivity index (χ1) is 18.8. The van der Waals surface area contributed by atoms with E-state index in [1.165, 1.54) is 42.2 Å². The van der Waals surface area contributed by atoms with Gasteiger partial charge in [-0.25, -0.2) is 32.5 Å². The van der Waals surface area contributed by atoms with Crippen molar-refractivity contribution in [1.29, 1.82) is 0 Å². The standard InChI is InChI=1S/C29H22N6O3S/c1-2-20-6-5-7-22(16-20)33-29-24-17-23(11-12-26(24)31-19-32-29)39(37,38)35-15-14-21(18-35)10-13-28(36)34-27-9-4-3-8-25(27)30/h1,3-19H,30H2,(H,34,36)(H,31,32,33)/p+1/b13-10+. The summed E-state index contributed by atoms with van der Waals surface area (Å²) >= 11 is 0. The number of primary amides is 1. The molecule has 192 valence electrons. The number of carbonyl (C=O) groups is 1. The number of para-hydroxylation sites is 2. The lowest BCUT2D eigenvalue weighted by molar-refractivity contribution is -0.477. The van der Waals surface area contributed by atoms with Gasteiger partial charge in [0.1, 0.15) is 12.1 Å². The number of terminal acetylenes is 1. The summed E-state index contributed by atoms with van der Waals surface area (Å²) in [7, 11) is -3.94. The van der Waals surface area contributed by atoms with Crippen LogP contribution in [0.25, 0.3) is 17.0 Å². The molecule has 2 heterocycles. The molecule has 0 atom stereocenters. The van der Waals surface area contributed by atoms with Gasteiger partial charge in [0.15, 0.2) is 5.69 Å². The summed E-state index contributed by atoms with van der Waals surface area (Å²) in [6.07, 6.45) is 12.7. The van der Waals surface area contributed by atoms with Crippen LogP contribution in [0.2, 0.25) is 0 Å². The van der Waals surface area contributed by atoms with Gasteiger partial charge in [-0.05, 0) is 60.2 Å². The van der Waals surface area contributed by atoms with Crippen molar-refractivity contribution in [3.8, 4) is 12.3 Å². The van der Waals surface area contributed by atoms with E-state index in [0.717, 1.165) is 3.97 Å². The Morgan fingerprint density at radius 1 is 1.05 bits per heavy atom. The quantitative estimate of drug-likeness (QED) is 0.165. The van der Waals surface area contributed by atoms with Gasteiger partial charge in [-0.3, -0.25) is 0 Å². The van der Waals surface area contributed by atoms with Crippen LogP contribution in [-0.4, -0.2) is 28.3 Å². The zero-order valence-electron chi connectivity index (χ0n) is 20.5. The number of anilines is 3. The molecular formula is C29H23N6O3S+.